The molecular formula is C13H13F2N3OS. The molecule has 0 radical (unpaired) electrons. The van der Waals surface area contributed by atoms with Crippen molar-refractivity contribution in [1.82, 2.24) is 9.78 Å². The van der Waals surface area contributed by atoms with E-state index < -0.39 is 12.5 Å². The van der Waals surface area contributed by atoms with Gasteiger partial charge in [-0.3, -0.25) is 4.79 Å². The lowest BCUT2D eigenvalue weighted by molar-refractivity contribution is 0.0561. The largest absolute Gasteiger partial charge is 0.333 e. The van der Waals surface area contributed by atoms with Crippen LogP contribution in [0.5, 0.6) is 0 Å². The predicted octanol–water partition coefficient (Wildman–Crippen LogP) is 3.64. The standard InChI is InChI=1S/C13H13F2N3OS/c1-2-20-11-6-4-3-5-9(11)16-12(19)10-7-8-18(17-10)13(14)15/h3-8,13H,2H2,1H3,(H,16,19). The molecule has 2 aromatic rings. The predicted molar refractivity (Wildman–Crippen MR) is 74.3 cm³/mol. The number of aromatic nitrogens is 2. The Bertz CT molecular complexity index is 601. The molecule has 0 spiro atoms. The van der Waals surface area contributed by atoms with E-state index >= 15 is 0 Å². The summed E-state index contributed by atoms with van der Waals surface area (Å²) in [6, 6.07) is 8.59. The molecule has 106 valence electrons. The summed E-state index contributed by atoms with van der Waals surface area (Å²) in [6.45, 7) is -0.743. The van der Waals surface area contributed by atoms with Gasteiger partial charge in [0, 0.05) is 11.1 Å². The van der Waals surface area contributed by atoms with Crippen molar-refractivity contribution in [2.75, 3.05) is 11.1 Å². The normalized spacial score (nSPS) is 10.8. The third-order valence-electron chi connectivity index (χ3n) is 2.48. The minimum atomic E-state index is -2.75. The summed E-state index contributed by atoms with van der Waals surface area (Å²) < 4.78 is 25.2. The minimum absolute atomic E-state index is 0.0402. The molecule has 7 heteroatoms. The van der Waals surface area contributed by atoms with Crippen LogP contribution < -0.4 is 5.32 Å². The van der Waals surface area contributed by atoms with Crippen molar-refractivity contribution >= 4 is 23.4 Å². The number of para-hydroxylation sites is 1. The second-order valence-electron chi connectivity index (χ2n) is 3.84. The van der Waals surface area contributed by atoms with Crippen LogP contribution in [0.3, 0.4) is 0 Å². The van der Waals surface area contributed by atoms with Crippen molar-refractivity contribution in [3.05, 3.63) is 42.2 Å². The van der Waals surface area contributed by atoms with Crippen LogP contribution in [0.25, 0.3) is 0 Å². The van der Waals surface area contributed by atoms with Gasteiger partial charge in [0.25, 0.3) is 5.91 Å². The number of carbonyl (C=O) groups excluding carboxylic acids is 1. The van der Waals surface area contributed by atoms with Gasteiger partial charge in [-0.15, -0.1) is 11.8 Å². The number of alkyl halides is 2. The second-order valence-corrected chi connectivity index (χ2v) is 5.15. The van der Waals surface area contributed by atoms with E-state index in [9.17, 15) is 13.6 Å². The number of hydrogen-bond donors (Lipinski definition) is 1. The van der Waals surface area contributed by atoms with Crippen LogP contribution in [0.4, 0.5) is 14.5 Å². The average molecular weight is 297 g/mol. The van der Waals surface area contributed by atoms with E-state index in [2.05, 4.69) is 10.4 Å². The van der Waals surface area contributed by atoms with Crippen LogP contribution in [0, 0.1) is 0 Å². The first-order chi connectivity index (χ1) is 9.61. The van der Waals surface area contributed by atoms with E-state index in [0.29, 0.717) is 10.4 Å². The number of anilines is 1. The van der Waals surface area contributed by atoms with Gasteiger partial charge in [-0.05, 0) is 24.0 Å². The second kappa shape index (κ2) is 6.51. The molecule has 0 bridgehead atoms. The summed E-state index contributed by atoms with van der Waals surface area (Å²) in [5.74, 6) is 0.362. The van der Waals surface area contributed by atoms with E-state index in [4.69, 9.17) is 0 Å². The van der Waals surface area contributed by atoms with E-state index in [0.717, 1.165) is 16.8 Å². The fourth-order valence-corrected chi connectivity index (χ4v) is 2.37. The molecule has 1 aromatic heterocycles. The third kappa shape index (κ3) is 3.36. The van der Waals surface area contributed by atoms with Gasteiger partial charge in [-0.2, -0.15) is 13.9 Å². The summed E-state index contributed by atoms with van der Waals surface area (Å²) in [7, 11) is 0. The Kier molecular flexibility index (Phi) is 4.73. The topological polar surface area (TPSA) is 46.9 Å². The van der Waals surface area contributed by atoms with Crippen LogP contribution in [-0.2, 0) is 0 Å². The molecule has 0 saturated heterocycles. The van der Waals surface area contributed by atoms with E-state index in [1.165, 1.54) is 6.07 Å². The van der Waals surface area contributed by atoms with Crippen LogP contribution in [0.15, 0.2) is 41.4 Å². The fraction of sp³-hybridized carbons (Fsp3) is 0.231. The zero-order chi connectivity index (χ0) is 14.5. The minimum Gasteiger partial charge on any atom is -0.320 e. The smallest absolute Gasteiger partial charge is 0.320 e. The summed E-state index contributed by atoms with van der Waals surface area (Å²) in [4.78, 5) is 12.9. The summed E-state index contributed by atoms with van der Waals surface area (Å²) in [5, 5.41) is 6.21. The molecule has 0 fully saturated rings. The molecule has 1 aromatic carbocycles. The van der Waals surface area contributed by atoms with Crippen LogP contribution in [-0.4, -0.2) is 21.4 Å². The van der Waals surface area contributed by atoms with Crippen molar-refractivity contribution < 1.29 is 13.6 Å². The van der Waals surface area contributed by atoms with Gasteiger partial charge in [-0.25, -0.2) is 4.68 Å². The average Bonchev–Trinajstić information content (AvgIpc) is 2.91. The molecule has 4 nitrogen and oxygen atoms in total. The molecule has 1 amide bonds. The van der Waals surface area contributed by atoms with E-state index in [1.807, 2.05) is 19.1 Å². The van der Waals surface area contributed by atoms with Gasteiger partial charge in [0.05, 0.1) is 5.69 Å². The SMILES string of the molecule is CCSc1ccccc1NC(=O)c1ccn(C(F)F)n1. The lowest BCUT2D eigenvalue weighted by atomic mass is 10.3. The highest BCUT2D eigenvalue weighted by atomic mass is 32.2. The quantitative estimate of drug-likeness (QED) is 0.857. The van der Waals surface area contributed by atoms with Gasteiger partial charge < -0.3 is 5.32 Å². The maximum atomic E-state index is 12.4. The number of amides is 1. The van der Waals surface area contributed by atoms with Gasteiger partial charge in [0.2, 0.25) is 0 Å². The van der Waals surface area contributed by atoms with Crippen molar-refractivity contribution in [3.8, 4) is 0 Å². The molecule has 1 N–H and O–H groups in total. The van der Waals surface area contributed by atoms with E-state index in [1.54, 1.807) is 23.9 Å². The molecule has 0 atom stereocenters. The number of hydrogen-bond acceptors (Lipinski definition) is 3. The van der Waals surface area contributed by atoms with Crippen molar-refractivity contribution in [3.63, 3.8) is 0 Å². The number of nitrogens with one attached hydrogen (secondary N) is 1. The Balaban J connectivity index is 2.14. The summed E-state index contributed by atoms with van der Waals surface area (Å²) in [6.07, 6.45) is 1.08. The van der Waals surface area contributed by atoms with E-state index in [-0.39, 0.29) is 5.69 Å². The first kappa shape index (κ1) is 14.5. The molecule has 0 aliphatic carbocycles. The van der Waals surface area contributed by atoms with Crippen LogP contribution >= 0.6 is 11.8 Å². The van der Waals surface area contributed by atoms with Gasteiger partial charge in [0.15, 0.2) is 5.69 Å². The number of benzene rings is 1. The number of halogens is 2. The molecule has 2 rings (SSSR count). The van der Waals surface area contributed by atoms with Crippen LogP contribution in [0.2, 0.25) is 0 Å². The molecule has 1 heterocycles. The maximum Gasteiger partial charge on any atom is 0.333 e. The zero-order valence-electron chi connectivity index (χ0n) is 10.7. The highest BCUT2D eigenvalue weighted by molar-refractivity contribution is 7.99. The maximum absolute atomic E-state index is 12.4. The Morgan fingerprint density at radius 1 is 1.40 bits per heavy atom. The highest BCUT2D eigenvalue weighted by Gasteiger charge is 2.14. The van der Waals surface area contributed by atoms with Crippen molar-refractivity contribution in [1.29, 1.82) is 0 Å². The highest BCUT2D eigenvalue weighted by Crippen LogP contribution is 2.26. The van der Waals surface area contributed by atoms with Gasteiger partial charge in [0.1, 0.15) is 0 Å². The molecule has 0 unspecified atom stereocenters. The summed E-state index contributed by atoms with van der Waals surface area (Å²) >= 11 is 1.59. The number of rotatable bonds is 5. The molecule has 0 aliphatic heterocycles. The first-order valence-electron chi connectivity index (χ1n) is 5.98. The summed E-state index contributed by atoms with van der Waals surface area (Å²) in [5.41, 5.74) is 0.609. The Hall–Kier alpha value is -1.89. The van der Waals surface area contributed by atoms with Crippen molar-refractivity contribution in [2.24, 2.45) is 0 Å². The molecule has 0 aliphatic rings. The Morgan fingerprint density at radius 2 is 2.15 bits per heavy atom. The third-order valence-corrected chi connectivity index (χ3v) is 3.43. The lowest BCUT2D eigenvalue weighted by Gasteiger charge is -2.08. The fourth-order valence-electron chi connectivity index (χ4n) is 1.61. The number of thioether (sulfide) groups is 1. The first-order valence-corrected chi connectivity index (χ1v) is 6.97. The molecular weight excluding hydrogens is 284 g/mol. The Labute approximate surface area is 119 Å². The zero-order valence-corrected chi connectivity index (χ0v) is 11.5. The van der Waals surface area contributed by atoms with Gasteiger partial charge in [-0.1, -0.05) is 19.1 Å². The molecule has 0 saturated carbocycles. The Morgan fingerprint density at radius 3 is 2.80 bits per heavy atom. The molecule has 20 heavy (non-hydrogen) atoms. The monoisotopic (exact) mass is 297 g/mol. The lowest BCUT2D eigenvalue weighted by Crippen LogP contribution is -2.14. The van der Waals surface area contributed by atoms with Gasteiger partial charge >= 0.3 is 6.55 Å². The number of carbonyl (C=O) groups is 1. The number of nitrogens with zero attached hydrogens (tertiary/aromatic N) is 2. The van der Waals surface area contributed by atoms with Crippen molar-refractivity contribution in [2.45, 2.75) is 18.4 Å². The van der Waals surface area contributed by atoms with Crippen LogP contribution in [0.1, 0.15) is 24.0 Å².